The molecule has 0 bridgehead atoms. The molecule has 1 N–H and O–H groups in total. The molecule has 0 saturated heterocycles. The number of nitrogens with one attached hydrogen (secondary N) is 1. The molecule has 8 heteroatoms. The molecular formula is C19H13BrN4O3. The van der Waals surface area contributed by atoms with Gasteiger partial charge in [-0.1, -0.05) is 15.9 Å². The maximum Gasteiger partial charge on any atom is 0.298 e. The Morgan fingerprint density at radius 2 is 2.07 bits per heavy atom. The Bertz CT molecular complexity index is 1310. The number of aromatic nitrogens is 3. The summed E-state index contributed by atoms with van der Waals surface area (Å²) in [5.41, 5.74) is 2.47. The summed E-state index contributed by atoms with van der Waals surface area (Å²) in [6.07, 6.45) is 1.60. The number of halogens is 1. The van der Waals surface area contributed by atoms with E-state index in [-0.39, 0.29) is 12.4 Å². The van der Waals surface area contributed by atoms with Gasteiger partial charge in [0.25, 0.3) is 5.56 Å². The van der Waals surface area contributed by atoms with Gasteiger partial charge >= 0.3 is 0 Å². The summed E-state index contributed by atoms with van der Waals surface area (Å²) >= 11 is 3.46. The molecule has 0 unspecified atom stereocenters. The Morgan fingerprint density at radius 1 is 1.22 bits per heavy atom. The lowest BCUT2D eigenvalue weighted by molar-refractivity contribution is 0.174. The van der Waals surface area contributed by atoms with Crippen LogP contribution in [0.1, 0.15) is 11.4 Å². The van der Waals surface area contributed by atoms with Crippen LogP contribution in [0.5, 0.6) is 11.5 Å². The molecule has 0 atom stereocenters. The fourth-order valence-corrected chi connectivity index (χ4v) is 3.50. The van der Waals surface area contributed by atoms with Crippen LogP contribution in [0.25, 0.3) is 21.9 Å². The van der Waals surface area contributed by atoms with Crippen LogP contribution in [0.3, 0.4) is 0 Å². The van der Waals surface area contributed by atoms with E-state index >= 15 is 0 Å². The average molecular weight is 425 g/mol. The molecule has 5 rings (SSSR count). The van der Waals surface area contributed by atoms with Crippen molar-refractivity contribution in [2.45, 2.75) is 6.92 Å². The number of benzene rings is 2. The lowest BCUT2D eigenvalue weighted by atomic mass is 10.2. The number of fused-ring (bicyclic) bond motifs is 4. The second kappa shape index (κ2) is 5.95. The highest BCUT2D eigenvalue weighted by molar-refractivity contribution is 9.10. The van der Waals surface area contributed by atoms with Crippen LogP contribution in [0, 0.1) is 6.92 Å². The maximum absolute atomic E-state index is 12.9. The number of nitrogens with zero attached hydrogens (tertiary/aromatic N) is 3. The zero-order valence-electron chi connectivity index (χ0n) is 14.2. The number of aromatic amines is 1. The minimum absolute atomic E-state index is 0.214. The van der Waals surface area contributed by atoms with Gasteiger partial charge in [-0.15, -0.1) is 0 Å². The fourth-order valence-electron chi connectivity index (χ4n) is 3.14. The number of aryl methyl sites for hydroxylation is 1. The summed E-state index contributed by atoms with van der Waals surface area (Å²) in [6.45, 7) is 1.97. The highest BCUT2D eigenvalue weighted by Crippen LogP contribution is 2.32. The first-order chi connectivity index (χ1) is 13.1. The summed E-state index contributed by atoms with van der Waals surface area (Å²) in [6, 6.07) is 11.3. The second-order valence-electron chi connectivity index (χ2n) is 6.17. The van der Waals surface area contributed by atoms with E-state index in [2.05, 4.69) is 31.0 Å². The van der Waals surface area contributed by atoms with E-state index in [0.717, 1.165) is 20.9 Å². The molecule has 0 aliphatic carbocycles. The number of H-pyrrole nitrogens is 1. The average Bonchev–Trinajstić information content (AvgIpc) is 3.26. The van der Waals surface area contributed by atoms with Crippen LogP contribution in [0.2, 0.25) is 0 Å². The Labute approximate surface area is 161 Å². The van der Waals surface area contributed by atoms with Crippen LogP contribution in [0.4, 0.5) is 0 Å². The van der Waals surface area contributed by atoms with Crippen molar-refractivity contribution in [2.24, 2.45) is 5.10 Å². The molecule has 1 aliphatic rings. The fraction of sp³-hybridized carbons (Fsp3) is 0.105. The molecule has 1 aliphatic heterocycles. The Balaban J connectivity index is 1.63. The smallest absolute Gasteiger partial charge is 0.298 e. The third kappa shape index (κ3) is 2.60. The summed E-state index contributed by atoms with van der Waals surface area (Å²) in [5.74, 6) is 1.87. The molecule has 4 aromatic rings. The van der Waals surface area contributed by atoms with E-state index < -0.39 is 0 Å². The summed E-state index contributed by atoms with van der Waals surface area (Å²) < 4.78 is 12.9. The zero-order valence-corrected chi connectivity index (χ0v) is 15.8. The molecular weight excluding hydrogens is 412 g/mol. The van der Waals surface area contributed by atoms with Gasteiger partial charge in [0.15, 0.2) is 11.5 Å². The van der Waals surface area contributed by atoms with E-state index in [4.69, 9.17) is 9.47 Å². The van der Waals surface area contributed by atoms with Crippen LogP contribution >= 0.6 is 15.9 Å². The van der Waals surface area contributed by atoms with Crippen LogP contribution < -0.4 is 15.0 Å². The van der Waals surface area contributed by atoms with Gasteiger partial charge in [0.2, 0.25) is 6.79 Å². The van der Waals surface area contributed by atoms with Crippen LogP contribution in [-0.2, 0) is 0 Å². The summed E-state index contributed by atoms with van der Waals surface area (Å²) in [5, 5.41) is 5.22. The third-order valence-corrected chi connectivity index (χ3v) is 4.93. The normalized spacial score (nSPS) is 13.3. The first-order valence-electron chi connectivity index (χ1n) is 8.25. The Kier molecular flexibility index (Phi) is 3.54. The molecule has 0 amide bonds. The Morgan fingerprint density at radius 3 is 2.96 bits per heavy atom. The molecule has 3 heterocycles. The maximum atomic E-state index is 12.9. The van der Waals surface area contributed by atoms with Crippen LogP contribution in [-0.4, -0.2) is 27.7 Å². The number of rotatable bonds is 2. The van der Waals surface area contributed by atoms with Gasteiger partial charge in [0, 0.05) is 15.4 Å². The van der Waals surface area contributed by atoms with Gasteiger partial charge in [0.1, 0.15) is 16.9 Å². The first kappa shape index (κ1) is 16.1. The van der Waals surface area contributed by atoms with E-state index in [9.17, 15) is 4.79 Å². The molecule has 2 aromatic carbocycles. The standard InChI is InChI=1S/C19H13BrN4O3/c1-10-22-17-13-7-12(20)3-4-14(13)23-18(17)19(25)24(10)21-8-11-2-5-15-16(6-11)27-9-26-15/h2-8,23H,9H2,1H3. The molecule has 0 radical (unpaired) electrons. The van der Waals surface area contributed by atoms with E-state index in [1.165, 1.54) is 4.68 Å². The largest absolute Gasteiger partial charge is 0.454 e. The Hall–Kier alpha value is -3.13. The molecule has 2 aromatic heterocycles. The van der Waals surface area contributed by atoms with Gasteiger partial charge in [-0.3, -0.25) is 4.79 Å². The van der Waals surface area contributed by atoms with Crippen molar-refractivity contribution >= 4 is 44.1 Å². The lowest BCUT2D eigenvalue weighted by Gasteiger charge is -2.03. The third-order valence-electron chi connectivity index (χ3n) is 4.44. The van der Waals surface area contributed by atoms with Gasteiger partial charge in [-0.05, 0) is 48.9 Å². The van der Waals surface area contributed by atoms with Crippen molar-refractivity contribution in [3.63, 3.8) is 0 Å². The van der Waals surface area contributed by atoms with Crippen molar-refractivity contribution in [1.82, 2.24) is 14.6 Å². The van der Waals surface area contributed by atoms with E-state index in [1.54, 1.807) is 13.1 Å². The summed E-state index contributed by atoms with van der Waals surface area (Å²) in [4.78, 5) is 20.7. The predicted molar refractivity (Wildman–Crippen MR) is 106 cm³/mol. The number of ether oxygens (including phenoxy) is 2. The van der Waals surface area contributed by atoms with Crippen molar-refractivity contribution in [3.05, 3.63) is 62.6 Å². The SMILES string of the molecule is Cc1nc2c([nH]c3ccc(Br)cc32)c(=O)n1N=Cc1ccc2c(c1)OCO2. The van der Waals surface area contributed by atoms with Crippen molar-refractivity contribution in [3.8, 4) is 11.5 Å². The van der Waals surface area contributed by atoms with Gasteiger partial charge in [0.05, 0.1) is 6.21 Å². The van der Waals surface area contributed by atoms with Crippen molar-refractivity contribution < 1.29 is 9.47 Å². The molecule has 7 nitrogen and oxygen atoms in total. The molecule has 27 heavy (non-hydrogen) atoms. The second-order valence-corrected chi connectivity index (χ2v) is 7.09. The lowest BCUT2D eigenvalue weighted by Crippen LogP contribution is -2.20. The zero-order chi connectivity index (χ0) is 18.5. The summed E-state index contributed by atoms with van der Waals surface area (Å²) in [7, 11) is 0. The number of hydrogen-bond donors (Lipinski definition) is 1. The minimum Gasteiger partial charge on any atom is -0.454 e. The van der Waals surface area contributed by atoms with Gasteiger partial charge < -0.3 is 14.5 Å². The van der Waals surface area contributed by atoms with Gasteiger partial charge in [-0.2, -0.15) is 9.78 Å². The van der Waals surface area contributed by atoms with Crippen molar-refractivity contribution in [2.75, 3.05) is 6.79 Å². The molecule has 0 saturated carbocycles. The molecule has 0 spiro atoms. The van der Waals surface area contributed by atoms with E-state index in [1.807, 2.05) is 36.4 Å². The molecule has 0 fully saturated rings. The first-order valence-corrected chi connectivity index (χ1v) is 9.04. The van der Waals surface area contributed by atoms with E-state index in [0.29, 0.717) is 28.4 Å². The van der Waals surface area contributed by atoms with Gasteiger partial charge in [-0.25, -0.2) is 4.98 Å². The topological polar surface area (TPSA) is 81.5 Å². The number of hydrogen-bond acceptors (Lipinski definition) is 5. The molecule has 134 valence electrons. The minimum atomic E-state index is -0.248. The predicted octanol–water partition coefficient (Wildman–Crippen LogP) is 3.56. The van der Waals surface area contributed by atoms with Crippen molar-refractivity contribution in [1.29, 1.82) is 0 Å². The monoisotopic (exact) mass is 424 g/mol. The van der Waals surface area contributed by atoms with Crippen LogP contribution in [0.15, 0.2) is 50.8 Å². The highest BCUT2D eigenvalue weighted by atomic mass is 79.9. The highest BCUT2D eigenvalue weighted by Gasteiger charge is 2.14. The quantitative estimate of drug-likeness (QED) is 0.498.